The highest BCUT2D eigenvalue weighted by molar-refractivity contribution is 5.49. The number of pyridine rings is 1. The van der Waals surface area contributed by atoms with Crippen LogP contribution in [-0.2, 0) is 19.3 Å². The number of benzene rings is 1. The molecule has 1 aliphatic carbocycles. The molecule has 0 radical (unpaired) electrons. The fraction of sp³-hybridized carbons (Fsp3) is 0.389. The lowest BCUT2D eigenvalue weighted by Crippen LogP contribution is -2.37. The van der Waals surface area contributed by atoms with E-state index in [1.807, 2.05) is 18.3 Å². The molecular weight excluding hydrogens is 260 g/mol. The molecular formula is C18H22N2O. The first kappa shape index (κ1) is 13.9. The minimum absolute atomic E-state index is 0.394. The summed E-state index contributed by atoms with van der Waals surface area (Å²) in [6, 6.07) is 10.4. The number of rotatable bonds is 3. The molecule has 0 amide bonds. The number of fused-ring (bicyclic) bond motifs is 1. The molecule has 0 fully saturated rings. The van der Waals surface area contributed by atoms with Crippen molar-refractivity contribution >= 4 is 5.82 Å². The van der Waals surface area contributed by atoms with Gasteiger partial charge in [-0.05, 0) is 54.5 Å². The summed E-state index contributed by atoms with van der Waals surface area (Å²) in [7, 11) is 2.12. The molecule has 3 heteroatoms. The van der Waals surface area contributed by atoms with E-state index in [1.165, 1.54) is 11.1 Å². The van der Waals surface area contributed by atoms with Gasteiger partial charge in [0.25, 0.3) is 0 Å². The number of aryl methyl sites for hydroxylation is 2. The first-order chi connectivity index (χ1) is 10.2. The Morgan fingerprint density at radius 3 is 2.95 bits per heavy atom. The summed E-state index contributed by atoms with van der Waals surface area (Å²) in [6.07, 6.45) is 5.86. The van der Waals surface area contributed by atoms with Crippen molar-refractivity contribution in [3.8, 4) is 5.75 Å². The van der Waals surface area contributed by atoms with Crippen molar-refractivity contribution < 1.29 is 5.11 Å². The molecule has 1 N–H and O–H groups in total. The molecule has 0 saturated heterocycles. The Kier molecular flexibility index (Phi) is 3.82. The first-order valence-corrected chi connectivity index (χ1v) is 7.67. The Hall–Kier alpha value is -2.03. The summed E-state index contributed by atoms with van der Waals surface area (Å²) < 4.78 is 0. The van der Waals surface area contributed by atoms with Crippen molar-refractivity contribution in [2.24, 2.45) is 0 Å². The monoisotopic (exact) mass is 282 g/mol. The van der Waals surface area contributed by atoms with E-state index in [1.54, 1.807) is 6.07 Å². The zero-order valence-corrected chi connectivity index (χ0v) is 12.7. The van der Waals surface area contributed by atoms with Crippen LogP contribution < -0.4 is 4.90 Å². The van der Waals surface area contributed by atoms with Crippen LogP contribution in [0, 0.1) is 0 Å². The van der Waals surface area contributed by atoms with Crippen molar-refractivity contribution in [2.75, 3.05) is 11.9 Å². The molecule has 1 aliphatic rings. The Balaban J connectivity index is 1.87. The van der Waals surface area contributed by atoms with Crippen LogP contribution in [0.1, 0.15) is 30.0 Å². The van der Waals surface area contributed by atoms with Crippen LogP contribution in [-0.4, -0.2) is 23.2 Å². The number of phenolic OH excluding ortho intramolecular Hbond substituents is 1. The number of anilines is 1. The van der Waals surface area contributed by atoms with Crippen LogP contribution >= 0.6 is 0 Å². The lowest BCUT2D eigenvalue weighted by Gasteiger charge is -2.34. The molecule has 3 nitrogen and oxygen atoms in total. The largest absolute Gasteiger partial charge is 0.508 e. The Labute approximate surface area is 126 Å². The zero-order valence-electron chi connectivity index (χ0n) is 12.7. The fourth-order valence-corrected chi connectivity index (χ4v) is 3.28. The Morgan fingerprint density at radius 2 is 2.14 bits per heavy atom. The Bertz CT molecular complexity index is 639. The number of nitrogens with zero attached hydrogens (tertiary/aromatic N) is 2. The third kappa shape index (κ3) is 2.60. The molecule has 0 aliphatic heterocycles. The Morgan fingerprint density at radius 1 is 1.29 bits per heavy atom. The van der Waals surface area contributed by atoms with Crippen LogP contribution in [0.2, 0.25) is 0 Å². The van der Waals surface area contributed by atoms with Crippen LogP contribution in [0.15, 0.2) is 36.5 Å². The third-order valence-corrected chi connectivity index (χ3v) is 4.57. The number of hydrogen-bond acceptors (Lipinski definition) is 3. The summed E-state index contributed by atoms with van der Waals surface area (Å²) >= 11 is 0. The van der Waals surface area contributed by atoms with Gasteiger partial charge in [0.2, 0.25) is 0 Å². The molecule has 110 valence electrons. The highest BCUT2D eigenvalue weighted by Gasteiger charge is 2.25. The molecule has 1 atom stereocenters. The van der Waals surface area contributed by atoms with E-state index in [0.717, 1.165) is 37.1 Å². The molecule has 2 aromatic rings. The summed E-state index contributed by atoms with van der Waals surface area (Å²) in [6.45, 7) is 2.16. The molecule has 3 rings (SSSR count). The van der Waals surface area contributed by atoms with Gasteiger partial charge in [-0.3, -0.25) is 0 Å². The number of aromatic hydroxyl groups is 1. The molecule has 0 spiro atoms. The molecule has 1 unspecified atom stereocenters. The minimum atomic E-state index is 0.394. The maximum atomic E-state index is 10.1. The fourth-order valence-electron chi connectivity index (χ4n) is 3.28. The maximum Gasteiger partial charge on any atom is 0.131 e. The minimum Gasteiger partial charge on any atom is -0.508 e. The van der Waals surface area contributed by atoms with Gasteiger partial charge in [0.05, 0.1) is 0 Å². The van der Waals surface area contributed by atoms with Gasteiger partial charge in [-0.2, -0.15) is 0 Å². The molecule has 0 bridgehead atoms. The number of hydrogen-bond donors (Lipinski definition) is 1. The van der Waals surface area contributed by atoms with Crippen molar-refractivity contribution in [1.29, 1.82) is 0 Å². The van der Waals surface area contributed by atoms with Crippen molar-refractivity contribution in [3.63, 3.8) is 0 Å². The molecule has 21 heavy (non-hydrogen) atoms. The maximum absolute atomic E-state index is 10.1. The molecule has 1 heterocycles. The van der Waals surface area contributed by atoms with Gasteiger partial charge >= 0.3 is 0 Å². The average molecular weight is 282 g/mol. The molecule has 0 saturated carbocycles. The van der Waals surface area contributed by atoms with E-state index in [0.29, 0.717) is 11.8 Å². The van der Waals surface area contributed by atoms with Gasteiger partial charge in [0.1, 0.15) is 11.6 Å². The SMILES string of the molecule is CCc1cccnc1N(C)C1CCc2cccc(O)c2C1. The van der Waals surface area contributed by atoms with Gasteiger partial charge in [-0.1, -0.05) is 25.1 Å². The molecule has 1 aromatic heterocycles. The summed E-state index contributed by atoms with van der Waals surface area (Å²) in [5.74, 6) is 1.51. The predicted molar refractivity (Wildman–Crippen MR) is 85.9 cm³/mol. The van der Waals surface area contributed by atoms with E-state index in [4.69, 9.17) is 0 Å². The first-order valence-electron chi connectivity index (χ1n) is 7.67. The second-order valence-corrected chi connectivity index (χ2v) is 5.76. The number of aromatic nitrogens is 1. The van der Waals surface area contributed by atoms with Crippen LogP contribution in [0.5, 0.6) is 5.75 Å². The smallest absolute Gasteiger partial charge is 0.131 e. The quantitative estimate of drug-likeness (QED) is 0.938. The highest BCUT2D eigenvalue weighted by Crippen LogP contribution is 2.32. The lowest BCUT2D eigenvalue weighted by atomic mass is 9.87. The van der Waals surface area contributed by atoms with E-state index in [9.17, 15) is 5.11 Å². The topological polar surface area (TPSA) is 36.4 Å². The van der Waals surface area contributed by atoms with Crippen molar-refractivity contribution in [3.05, 3.63) is 53.2 Å². The van der Waals surface area contributed by atoms with Crippen LogP contribution in [0.3, 0.4) is 0 Å². The average Bonchev–Trinajstić information content (AvgIpc) is 2.54. The van der Waals surface area contributed by atoms with Gasteiger partial charge in [0.15, 0.2) is 0 Å². The number of phenols is 1. The predicted octanol–water partition coefficient (Wildman–Crippen LogP) is 3.34. The standard InChI is InChI=1S/C18H22N2O/c1-3-13-7-5-11-19-18(13)20(2)15-10-9-14-6-4-8-17(21)16(14)12-15/h4-8,11,15,21H,3,9-10,12H2,1-2H3. The number of likely N-dealkylation sites (N-methyl/N-ethyl adjacent to an activating group) is 1. The summed E-state index contributed by atoms with van der Waals surface area (Å²) in [4.78, 5) is 6.85. The molecule has 1 aromatic carbocycles. The van der Waals surface area contributed by atoms with E-state index < -0.39 is 0 Å². The lowest BCUT2D eigenvalue weighted by molar-refractivity contribution is 0.452. The normalized spacial score (nSPS) is 17.3. The van der Waals surface area contributed by atoms with Crippen LogP contribution in [0.25, 0.3) is 0 Å². The van der Waals surface area contributed by atoms with Crippen molar-refractivity contribution in [1.82, 2.24) is 4.98 Å². The van der Waals surface area contributed by atoms with Crippen LogP contribution in [0.4, 0.5) is 5.82 Å². The van der Waals surface area contributed by atoms with E-state index in [-0.39, 0.29) is 0 Å². The second kappa shape index (κ2) is 5.76. The van der Waals surface area contributed by atoms with Crippen molar-refractivity contribution in [2.45, 2.75) is 38.6 Å². The third-order valence-electron chi connectivity index (χ3n) is 4.57. The zero-order chi connectivity index (χ0) is 14.8. The second-order valence-electron chi connectivity index (χ2n) is 5.76. The van der Waals surface area contributed by atoms with Gasteiger partial charge in [-0.25, -0.2) is 4.98 Å². The van der Waals surface area contributed by atoms with Gasteiger partial charge in [0, 0.05) is 19.3 Å². The van der Waals surface area contributed by atoms with E-state index >= 15 is 0 Å². The van der Waals surface area contributed by atoms with Gasteiger partial charge in [-0.15, -0.1) is 0 Å². The van der Waals surface area contributed by atoms with E-state index in [2.05, 4.69) is 36.0 Å². The summed E-state index contributed by atoms with van der Waals surface area (Å²) in [5.41, 5.74) is 3.68. The highest BCUT2D eigenvalue weighted by atomic mass is 16.3. The van der Waals surface area contributed by atoms with Gasteiger partial charge < -0.3 is 10.0 Å². The summed E-state index contributed by atoms with van der Waals surface area (Å²) in [5, 5.41) is 10.1.